The lowest BCUT2D eigenvalue weighted by Gasteiger charge is -2.21. The minimum Gasteiger partial charge on any atom is -0.358 e. The normalized spacial score (nSPS) is 20.9. The van der Waals surface area contributed by atoms with Crippen molar-refractivity contribution in [1.29, 1.82) is 0 Å². The molecule has 2 aromatic heterocycles. The molecule has 0 N–H and O–H groups in total. The molecule has 1 unspecified atom stereocenters. The van der Waals surface area contributed by atoms with Gasteiger partial charge in [-0.2, -0.15) is 0 Å². The molecule has 0 spiro atoms. The maximum Gasteiger partial charge on any atom is 0.223 e. The van der Waals surface area contributed by atoms with E-state index in [0.717, 1.165) is 41.0 Å². The lowest BCUT2D eigenvalue weighted by Crippen LogP contribution is -2.34. The first kappa shape index (κ1) is 16.5. The molecule has 0 saturated carbocycles. The molecule has 6 nitrogen and oxygen atoms in total. The molecule has 1 saturated heterocycles. The van der Waals surface area contributed by atoms with Gasteiger partial charge in [0, 0.05) is 55.9 Å². The van der Waals surface area contributed by atoms with Crippen molar-refractivity contribution in [3.8, 4) is 11.1 Å². The van der Waals surface area contributed by atoms with Gasteiger partial charge in [0.25, 0.3) is 0 Å². The second-order valence-corrected chi connectivity index (χ2v) is 8.96. The van der Waals surface area contributed by atoms with Crippen LogP contribution in [-0.2, 0) is 10.0 Å². The first-order chi connectivity index (χ1) is 12.0. The van der Waals surface area contributed by atoms with Crippen LogP contribution in [0.2, 0.25) is 0 Å². The van der Waals surface area contributed by atoms with E-state index in [1.54, 1.807) is 10.5 Å². The Bertz CT molecular complexity index is 907. The van der Waals surface area contributed by atoms with Crippen molar-refractivity contribution < 1.29 is 8.42 Å². The Morgan fingerprint density at radius 1 is 1.12 bits per heavy atom. The number of anilines is 1. The highest BCUT2D eigenvalue weighted by Gasteiger charge is 2.41. The summed E-state index contributed by atoms with van der Waals surface area (Å²) in [4.78, 5) is 10.7. The minimum atomic E-state index is -3.35. The lowest BCUT2D eigenvalue weighted by molar-refractivity contribution is 0.467. The SMILES string of the molecule is Cc1cc(-c2cnc3c(c2)C(S(=O)(=O)N2CCCC2)CN3C)ccn1. The van der Waals surface area contributed by atoms with Crippen molar-refractivity contribution in [3.05, 3.63) is 41.9 Å². The third-order valence-corrected chi connectivity index (χ3v) is 7.26. The highest BCUT2D eigenvalue weighted by Crippen LogP contribution is 2.41. The third-order valence-electron chi connectivity index (χ3n) is 5.06. The van der Waals surface area contributed by atoms with Gasteiger partial charge in [-0.05, 0) is 43.5 Å². The largest absolute Gasteiger partial charge is 0.358 e. The summed E-state index contributed by atoms with van der Waals surface area (Å²) in [6.07, 6.45) is 5.48. The van der Waals surface area contributed by atoms with E-state index < -0.39 is 15.3 Å². The summed E-state index contributed by atoms with van der Waals surface area (Å²) in [7, 11) is -1.45. The van der Waals surface area contributed by atoms with Crippen LogP contribution in [0.3, 0.4) is 0 Å². The fourth-order valence-electron chi connectivity index (χ4n) is 3.72. The number of rotatable bonds is 3. The number of sulfonamides is 1. The van der Waals surface area contributed by atoms with E-state index in [2.05, 4.69) is 9.97 Å². The van der Waals surface area contributed by atoms with Crippen LogP contribution in [0.15, 0.2) is 30.6 Å². The molecular weight excluding hydrogens is 336 g/mol. The molecule has 0 radical (unpaired) electrons. The molecule has 2 aliphatic rings. The second kappa shape index (κ2) is 6.07. The number of aromatic nitrogens is 2. The van der Waals surface area contributed by atoms with Gasteiger partial charge in [0.15, 0.2) is 0 Å². The molecule has 2 aliphatic heterocycles. The summed E-state index contributed by atoms with van der Waals surface area (Å²) in [5, 5.41) is -0.541. The highest BCUT2D eigenvalue weighted by molar-refractivity contribution is 7.89. The Kier molecular flexibility index (Phi) is 4.00. The summed E-state index contributed by atoms with van der Waals surface area (Å²) in [6, 6.07) is 5.91. The van der Waals surface area contributed by atoms with Crippen LogP contribution in [0.5, 0.6) is 0 Å². The van der Waals surface area contributed by atoms with Gasteiger partial charge in [0.05, 0.1) is 0 Å². The van der Waals surface area contributed by atoms with Crippen molar-refractivity contribution in [1.82, 2.24) is 14.3 Å². The number of hydrogen-bond acceptors (Lipinski definition) is 5. The van der Waals surface area contributed by atoms with Gasteiger partial charge in [0.2, 0.25) is 10.0 Å². The molecule has 132 valence electrons. The van der Waals surface area contributed by atoms with E-state index in [4.69, 9.17) is 0 Å². The van der Waals surface area contributed by atoms with Crippen molar-refractivity contribution >= 4 is 15.8 Å². The fraction of sp³-hybridized carbons (Fsp3) is 0.444. The Balaban J connectivity index is 1.77. The van der Waals surface area contributed by atoms with E-state index in [1.807, 2.05) is 43.3 Å². The Hall–Kier alpha value is -1.99. The number of hydrogen-bond donors (Lipinski definition) is 0. The van der Waals surface area contributed by atoms with E-state index in [9.17, 15) is 8.42 Å². The van der Waals surface area contributed by atoms with Crippen molar-refractivity contribution in [2.75, 3.05) is 31.6 Å². The zero-order chi connectivity index (χ0) is 17.6. The number of fused-ring (bicyclic) bond motifs is 1. The van der Waals surface area contributed by atoms with Crippen LogP contribution in [0.1, 0.15) is 29.3 Å². The van der Waals surface area contributed by atoms with E-state index in [0.29, 0.717) is 19.6 Å². The Labute approximate surface area is 148 Å². The van der Waals surface area contributed by atoms with Gasteiger partial charge in [-0.15, -0.1) is 0 Å². The first-order valence-corrected chi connectivity index (χ1v) is 10.1. The maximum atomic E-state index is 13.1. The number of aryl methyl sites for hydroxylation is 1. The van der Waals surface area contributed by atoms with Crippen LogP contribution >= 0.6 is 0 Å². The molecule has 0 amide bonds. The summed E-state index contributed by atoms with van der Waals surface area (Å²) >= 11 is 0. The number of likely N-dealkylation sites (N-methyl/N-ethyl adjacent to an activating group) is 1. The van der Waals surface area contributed by atoms with Crippen molar-refractivity contribution in [2.45, 2.75) is 25.0 Å². The standard InChI is InChI=1S/C18H22N4O2S/c1-13-9-14(5-6-19-13)15-10-16-17(12-21(2)18(16)20-11-15)25(23,24)22-7-3-4-8-22/h5-6,9-11,17H,3-4,7-8,12H2,1-2H3. The van der Waals surface area contributed by atoms with Gasteiger partial charge in [-0.3, -0.25) is 4.98 Å². The molecular formula is C18H22N4O2S. The maximum absolute atomic E-state index is 13.1. The molecule has 1 atom stereocenters. The van der Waals surface area contributed by atoms with Crippen LogP contribution in [-0.4, -0.2) is 49.4 Å². The summed E-state index contributed by atoms with van der Waals surface area (Å²) < 4.78 is 27.9. The van der Waals surface area contributed by atoms with Crippen LogP contribution < -0.4 is 4.90 Å². The topological polar surface area (TPSA) is 66.4 Å². The van der Waals surface area contributed by atoms with E-state index >= 15 is 0 Å². The monoisotopic (exact) mass is 358 g/mol. The number of nitrogens with zero attached hydrogens (tertiary/aromatic N) is 4. The molecule has 2 aromatic rings. The number of pyridine rings is 2. The average Bonchev–Trinajstić information content (AvgIpc) is 3.24. The molecule has 25 heavy (non-hydrogen) atoms. The van der Waals surface area contributed by atoms with Crippen molar-refractivity contribution in [3.63, 3.8) is 0 Å². The molecule has 0 bridgehead atoms. The average molecular weight is 358 g/mol. The van der Waals surface area contributed by atoms with E-state index in [1.165, 1.54) is 0 Å². The van der Waals surface area contributed by atoms with Gasteiger partial charge >= 0.3 is 0 Å². The van der Waals surface area contributed by atoms with Crippen LogP contribution in [0.4, 0.5) is 5.82 Å². The minimum absolute atomic E-state index is 0.458. The smallest absolute Gasteiger partial charge is 0.223 e. The molecule has 0 aromatic carbocycles. The predicted octanol–water partition coefficient (Wildman–Crippen LogP) is 2.37. The zero-order valence-corrected chi connectivity index (χ0v) is 15.3. The Morgan fingerprint density at radius 2 is 1.88 bits per heavy atom. The molecule has 4 rings (SSSR count). The zero-order valence-electron chi connectivity index (χ0n) is 14.5. The predicted molar refractivity (Wildman–Crippen MR) is 97.9 cm³/mol. The third kappa shape index (κ3) is 2.81. The van der Waals surface area contributed by atoms with Gasteiger partial charge in [0.1, 0.15) is 11.1 Å². The van der Waals surface area contributed by atoms with Crippen molar-refractivity contribution in [2.24, 2.45) is 0 Å². The summed E-state index contributed by atoms with van der Waals surface area (Å²) in [6.45, 7) is 3.67. The van der Waals surface area contributed by atoms with Crippen LogP contribution in [0, 0.1) is 6.92 Å². The molecule has 1 fully saturated rings. The summed E-state index contributed by atoms with van der Waals surface area (Å²) in [5.74, 6) is 0.766. The van der Waals surface area contributed by atoms with E-state index in [-0.39, 0.29) is 0 Å². The first-order valence-electron chi connectivity index (χ1n) is 8.60. The van der Waals surface area contributed by atoms with Gasteiger partial charge in [-0.1, -0.05) is 0 Å². The summed E-state index contributed by atoms with van der Waals surface area (Å²) in [5.41, 5.74) is 3.67. The molecule has 4 heterocycles. The molecule has 0 aliphatic carbocycles. The molecule has 7 heteroatoms. The van der Waals surface area contributed by atoms with Gasteiger partial charge < -0.3 is 4.90 Å². The highest BCUT2D eigenvalue weighted by atomic mass is 32.2. The quantitative estimate of drug-likeness (QED) is 0.843. The lowest BCUT2D eigenvalue weighted by atomic mass is 10.1. The van der Waals surface area contributed by atoms with Crippen LogP contribution in [0.25, 0.3) is 11.1 Å². The van der Waals surface area contributed by atoms with Gasteiger partial charge in [-0.25, -0.2) is 17.7 Å². The second-order valence-electron chi connectivity index (χ2n) is 6.84. The Morgan fingerprint density at radius 3 is 2.60 bits per heavy atom. The fourth-order valence-corrected chi connectivity index (χ4v) is 5.76.